The van der Waals surface area contributed by atoms with E-state index in [1.54, 1.807) is 19.3 Å². The predicted octanol–water partition coefficient (Wildman–Crippen LogP) is 0.488. The van der Waals surface area contributed by atoms with Gasteiger partial charge >= 0.3 is 0 Å². The number of allylic oxidation sites excluding steroid dienone is 2. The fraction of sp³-hybridized carbons (Fsp3) is 0.429. The molecule has 0 fully saturated rings. The zero-order valence-corrected chi connectivity index (χ0v) is 5.32. The molecule has 0 aromatic rings. The summed E-state index contributed by atoms with van der Waals surface area (Å²) < 4.78 is 4.92. The van der Waals surface area contributed by atoms with E-state index in [0.29, 0.717) is 0 Å². The van der Waals surface area contributed by atoms with E-state index in [1.807, 2.05) is 12.2 Å². The van der Waals surface area contributed by atoms with Crippen molar-refractivity contribution in [3.63, 3.8) is 0 Å². The van der Waals surface area contributed by atoms with Crippen LogP contribution in [0.25, 0.3) is 0 Å². The molecule has 2 heteroatoms. The summed E-state index contributed by atoms with van der Waals surface area (Å²) in [6.45, 7) is 0. The highest BCUT2D eigenvalue weighted by Crippen LogP contribution is 2.06. The van der Waals surface area contributed by atoms with Crippen molar-refractivity contribution in [3.05, 3.63) is 24.3 Å². The Morgan fingerprint density at radius 2 is 2.00 bits per heavy atom. The van der Waals surface area contributed by atoms with Gasteiger partial charge in [0.2, 0.25) is 0 Å². The summed E-state index contributed by atoms with van der Waals surface area (Å²) in [5, 5.41) is 9.11. The van der Waals surface area contributed by atoms with Crippen molar-refractivity contribution in [2.24, 2.45) is 0 Å². The van der Waals surface area contributed by atoms with Crippen molar-refractivity contribution < 1.29 is 9.84 Å². The number of hydrogen-bond acceptors (Lipinski definition) is 2. The smallest absolute Gasteiger partial charge is 0.105 e. The predicted molar refractivity (Wildman–Crippen MR) is 35.1 cm³/mol. The number of hydrogen-bond donors (Lipinski definition) is 1. The van der Waals surface area contributed by atoms with Gasteiger partial charge < -0.3 is 9.84 Å². The monoisotopic (exact) mass is 126 g/mol. The van der Waals surface area contributed by atoms with Crippen molar-refractivity contribution >= 4 is 0 Å². The SMILES string of the molecule is CO[C@@H]1C=CC=C[C@H]1O. The van der Waals surface area contributed by atoms with Gasteiger partial charge in [0.05, 0.1) is 0 Å². The summed E-state index contributed by atoms with van der Waals surface area (Å²) in [4.78, 5) is 0. The molecule has 0 unspecified atom stereocenters. The lowest BCUT2D eigenvalue weighted by molar-refractivity contribution is 0.0416. The zero-order chi connectivity index (χ0) is 6.69. The maximum atomic E-state index is 9.11. The van der Waals surface area contributed by atoms with Crippen molar-refractivity contribution in [3.8, 4) is 0 Å². The van der Waals surface area contributed by atoms with Crippen LogP contribution in [0.3, 0.4) is 0 Å². The van der Waals surface area contributed by atoms with Gasteiger partial charge in [-0.3, -0.25) is 0 Å². The van der Waals surface area contributed by atoms with Crippen LogP contribution in [0.5, 0.6) is 0 Å². The van der Waals surface area contributed by atoms with Crippen LogP contribution in [0.15, 0.2) is 24.3 Å². The van der Waals surface area contributed by atoms with Crippen LogP contribution in [0.1, 0.15) is 0 Å². The molecule has 1 aliphatic carbocycles. The van der Waals surface area contributed by atoms with Gasteiger partial charge in [-0.1, -0.05) is 24.3 Å². The molecule has 0 aromatic heterocycles. The molecule has 2 nitrogen and oxygen atoms in total. The summed E-state index contributed by atoms with van der Waals surface area (Å²) in [7, 11) is 1.58. The van der Waals surface area contributed by atoms with Crippen molar-refractivity contribution in [2.75, 3.05) is 7.11 Å². The van der Waals surface area contributed by atoms with E-state index in [2.05, 4.69) is 0 Å². The number of aliphatic hydroxyl groups is 1. The maximum Gasteiger partial charge on any atom is 0.105 e. The topological polar surface area (TPSA) is 29.5 Å². The lowest BCUT2D eigenvalue weighted by Gasteiger charge is -2.16. The van der Waals surface area contributed by atoms with Gasteiger partial charge in [-0.2, -0.15) is 0 Å². The summed E-state index contributed by atoms with van der Waals surface area (Å²) in [6.07, 6.45) is 6.56. The maximum absolute atomic E-state index is 9.11. The molecule has 0 aromatic carbocycles. The van der Waals surface area contributed by atoms with Crippen molar-refractivity contribution in [1.82, 2.24) is 0 Å². The van der Waals surface area contributed by atoms with E-state index in [-0.39, 0.29) is 6.10 Å². The van der Waals surface area contributed by atoms with E-state index in [9.17, 15) is 0 Å². The molecule has 1 rings (SSSR count). The molecule has 1 aliphatic rings. The summed E-state index contributed by atoms with van der Waals surface area (Å²) in [5.41, 5.74) is 0. The molecule has 0 radical (unpaired) electrons. The molecule has 0 saturated carbocycles. The number of methoxy groups -OCH3 is 1. The second-order valence-corrected chi connectivity index (χ2v) is 1.96. The third-order valence-corrected chi connectivity index (χ3v) is 1.33. The van der Waals surface area contributed by atoms with Crippen LogP contribution >= 0.6 is 0 Å². The molecule has 9 heavy (non-hydrogen) atoms. The minimum Gasteiger partial charge on any atom is -0.386 e. The molecule has 0 saturated heterocycles. The first-order valence-corrected chi connectivity index (χ1v) is 2.90. The second-order valence-electron chi connectivity index (χ2n) is 1.96. The number of aliphatic hydroxyl groups excluding tert-OH is 1. The molecule has 50 valence electrons. The Bertz CT molecular complexity index is 138. The molecule has 0 amide bonds. The lowest BCUT2D eigenvalue weighted by atomic mass is 10.1. The van der Waals surface area contributed by atoms with E-state index >= 15 is 0 Å². The molecular weight excluding hydrogens is 116 g/mol. The van der Waals surface area contributed by atoms with E-state index < -0.39 is 6.10 Å². The lowest BCUT2D eigenvalue weighted by Crippen LogP contribution is -2.25. The molecule has 0 heterocycles. The van der Waals surface area contributed by atoms with Crippen LogP contribution < -0.4 is 0 Å². The normalized spacial score (nSPS) is 33.1. The number of ether oxygens (including phenoxy) is 1. The Hall–Kier alpha value is -0.600. The van der Waals surface area contributed by atoms with Crippen LogP contribution in [0.2, 0.25) is 0 Å². The third kappa shape index (κ3) is 1.40. The fourth-order valence-corrected chi connectivity index (χ4v) is 0.793. The highest BCUT2D eigenvalue weighted by Gasteiger charge is 2.13. The molecule has 2 atom stereocenters. The first-order valence-electron chi connectivity index (χ1n) is 2.90. The summed E-state index contributed by atoms with van der Waals surface area (Å²) in [5.74, 6) is 0. The Balaban J connectivity index is 2.55. The molecule has 0 bridgehead atoms. The Morgan fingerprint density at radius 3 is 2.44 bits per heavy atom. The first-order chi connectivity index (χ1) is 4.34. The highest BCUT2D eigenvalue weighted by atomic mass is 16.5. The Morgan fingerprint density at radius 1 is 1.33 bits per heavy atom. The molecular formula is C7H10O2. The summed E-state index contributed by atoms with van der Waals surface area (Å²) in [6, 6.07) is 0. The van der Waals surface area contributed by atoms with E-state index in [0.717, 1.165) is 0 Å². The molecule has 0 spiro atoms. The largest absolute Gasteiger partial charge is 0.386 e. The van der Waals surface area contributed by atoms with Gasteiger partial charge in [-0.15, -0.1) is 0 Å². The highest BCUT2D eigenvalue weighted by molar-refractivity contribution is 5.16. The third-order valence-electron chi connectivity index (χ3n) is 1.33. The minimum absolute atomic E-state index is 0.157. The molecule has 1 N–H and O–H groups in total. The zero-order valence-electron chi connectivity index (χ0n) is 5.32. The van der Waals surface area contributed by atoms with Crippen LogP contribution in [0, 0.1) is 0 Å². The van der Waals surface area contributed by atoms with Crippen LogP contribution in [-0.2, 0) is 4.74 Å². The fourth-order valence-electron chi connectivity index (χ4n) is 0.793. The first kappa shape index (κ1) is 6.52. The average molecular weight is 126 g/mol. The second kappa shape index (κ2) is 2.80. The van der Waals surface area contributed by atoms with E-state index in [1.165, 1.54) is 0 Å². The van der Waals surface area contributed by atoms with Gasteiger partial charge in [-0.25, -0.2) is 0 Å². The minimum atomic E-state index is -0.472. The number of rotatable bonds is 1. The van der Waals surface area contributed by atoms with Gasteiger partial charge in [0.15, 0.2) is 0 Å². The Kier molecular flexibility index (Phi) is 2.03. The van der Waals surface area contributed by atoms with Gasteiger partial charge in [0.25, 0.3) is 0 Å². The summed E-state index contributed by atoms with van der Waals surface area (Å²) >= 11 is 0. The van der Waals surface area contributed by atoms with E-state index in [4.69, 9.17) is 9.84 Å². The van der Waals surface area contributed by atoms with Crippen molar-refractivity contribution in [2.45, 2.75) is 12.2 Å². The van der Waals surface area contributed by atoms with Gasteiger partial charge in [0, 0.05) is 7.11 Å². The van der Waals surface area contributed by atoms with Gasteiger partial charge in [0.1, 0.15) is 12.2 Å². The van der Waals surface area contributed by atoms with Crippen molar-refractivity contribution in [1.29, 1.82) is 0 Å². The Labute approximate surface area is 54.5 Å². The average Bonchev–Trinajstić information content (AvgIpc) is 1.89. The quantitative estimate of drug-likeness (QED) is 0.554. The standard InChI is InChI=1S/C7H10O2/c1-9-7-5-3-2-4-6(7)8/h2-8H,1H3/t6-,7-/m1/s1. The van der Waals surface area contributed by atoms with Gasteiger partial charge in [-0.05, 0) is 0 Å². The van der Waals surface area contributed by atoms with Crippen LogP contribution in [-0.4, -0.2) is 24.4 Å². The van der Waals surface area contributed by atoms with Crippen LogP contribution in [0.4, 0.5) is 0 Å². The molecule has 0 aliphatic heterocycles.